The van der Waals surface area contributed by atoms with Gasteiger partial charge in [0.25, 0.3) is 0 Å². The molecule has 0 amide bonds. The van der Waals surface area contributed by atoms with Crippen molar-refractivity contribution >= 4 is 16.9 Å². The van der Waals surface area contributed by atoms with Gasteiger partial charge >= 0.3 is 0 Å². The summed E-state index contributed by atoms with van der Waals surface area (Å²) in [6, 6.07) is 2.92. The minimum atomic E-state index is -1.25. The number of aliphatic hydroxyl groups excluding tert-OH is 2. The highest BCUT2D eigenvalue weighted by Crippen LogP contribution is 2.25. The molecule has 6 heteroatoms. The predicted molar refractivity (Wildman–Crippen MR) is 64.6 cm³/mol. The van der Waals surface area contributed by atoms with Crippen LogP contribution in [0, 0.1) is 0 Å². The van der Waals surface area contributed by atoms with E-state index in [1.54, 1.807) is 0 Å². The summed E-state index contributed by atoms with van der Waals surface area (Å²) in [5.74, 6) is 0.263. The van der Waals surface area contributed by atoms with Crippen molar-refractivity contribution in [3.05, 3.63) is 24.0 Å². The molecule has 0 fully saturated rings. The number of hydrogen-bond acceptors (Lipinski definition) is 6. The third kappa shape index (κ3) is 4.33. The maximum atomic E-state index is 10.7. The number of carbonyl (C=O) groups is 1. The van der Waals surface area contributed by atoms with Crippen LogP contribution < -0.4 is 0 Å². The van der Waals surface area contributed by atoms with E-state index in [9.17, 15) is 20.1 Å². The van der Waals surface area contributed by atoms with Crippen LogP contribution >= 0.6 is 11.8 Å². The molecule has 0 saturated carbocycles. The lowest BCUT2D eigenvalue weighted by Crippen LogP contribution is -2.20. The molecular formula is C11H15NO4S. The Balaban J connectivity index is 2.55. The molecule has 0 aliphatic heterocycles. The van der Waals surface area contributed by atoms with E-state index >= 15 is 0 Å². The maximum absolute atomic E-state index is 10.7. The topological polar surface area (TPSA) is 90.7 Å². The van der Waals surface area contributed by atoms with Crippen LogP contribution in [0.25, 0.3) is 0 Å². The SMILES string of the molecule is CC(=O)SCCC(O)C(O)c1ncccc1O. The molecule has 2 unspecified atom stereocenters. The largest absolute Gasteiger partial charge is 0.506 e. The lowest BCUT2D eigenvalue weighted by molar-refractivity contribution is -0.109. The van der Waals surface area contributed by atoms with Crippen LogP contribution in [-0.2, 0) is 4.79 Å². The lowest BCUT2D eigenvalue weighted by Gasteiger charge is -2.17. The summed E-state index contributed by atoms with van der Waals surface area (Å²) in [6.45, 7) is 1.44. The molecule has 0 spiro atoms. The van der Waals surface area contributed by atoms with Crippen LogP contribution in [0.1, 0.15) is 25.1 Å². The first kappa shape index (κ1) is 14.0. The Bertz CT molecular complexity index is 385. The Kier molecular flexibility index (Phi) is 5.40. The molecule has 1 aromatic heterocycles. The van der Waals surface area contributed by atoms with Crippen molar-refractivity contribution in [2.45, 2.75) is 25.6 Å². The van der Waals surface area contributed by atoms with E-state index in [0.29, 0.717) is 5.75 Å². The molecule has 2 atom stereocenters. The van der Waals surface area contributed by atoms with Gasteiger partial charge in [0.15, 0.2) is 5.12 Å². The van der Waals surface area contributed by atoms with E-state index < -0.39 is 12.2 Å². The molecule has 17 heavy (non-hydrogen) atoms. The van der Waals surface area contributed by atoms with Gasteiger partial charge in [0.05, 0.1) is 6.10 Å². The van der Waals surface area contributed by atoms with Gasteiger partial charge in [-0.25, -0.2) is 0 Å². The van der Waals surface area contributed by atoms with Crippen molar-refractivity contribution in [1.82, 2.24) is 4.98 Å². The van der Waals surface area contributed by atoms with Crippen LogP contribution in [-0.4, -0.2) is 37.3 Å². The van der Waals surface area contributed by atoms with E-state index in [0.717, 1.165) is 11.8 Å². The molecule has 1 heterocycles. The van der Waals surface area contributed by atoms with Crippen molar-refractivity contribution in [1.29, 1.82) is 0 Å². The Labute approximate surface area is 104 Å². The van der Waals surface area contributed by atoms with Gasteiger partial charge in [0.2, 0.25) is 0 Å². The average Bonchev–Trinajstić information content (AvgIpc) is 2.28. The number of aromatic nitrogens is 1. The lowest BCUT2D eigenvalue weighted by atomic mass is 10.1. The number of aromatic hydroxyl groups is 1. The molecule has 0 aliphatic rings. The highest BCUT2D eigenvalue weighted by atomic mass is 32.2. The van der Waals surface area contributed by atoms with Crippen molar-refractivity contribution in [2.75, 3.05) is 5.75 Å². The highest BCUT2D eigenvalue weighted by Gasteiger charge is 2.22. The van der Waals surface area contributed by atoms with Crippen molar-refractivity contribution in [3.8, 4) is 5.75 Å². The van der Waals surface area contributed by atoms with Crippen molar-refractivity contribution in [2.24, 2.45) is 0 Å². The molecule has 0 aliphatic carbocycles. The first-order chi connectivity index (χ1) is 8.02. The molecule has 0 radical (unpaired) electrons. The first-order valence-electron chi connectivity index (χ1n) is 5.15. The summed E-state index contributed by atoms with van der Waals surface area (Å²) in [4.78, 5) is 14.5. The van der Waals surface area contributed by atoms with Gasteiger partial charge < -0.3 is 15.3 Å². The molecule has 1 rings (SSSR count). The van der Waals surface area contributed by atoms with E-state index in [1.807, 2.05) is 0 Å². The average molecular weight is 257 g/mol. The standard InChI is InChI=1S/C11H15NO4S/c1-7(13)17-6-4-9(15)11(16)10-8(14)3-2-5-12-10/h2-3,5,9,11,14-16H,4,6H2,1H3. The van der Waals surface area contributed by atoms with Crippen LogP contribution in [0.5, 0.6) is 5.75 Å². The number of rotatable bonds is 5. The van der Waals surface area contributed by atoms with Gasteiger partial charge in [-0.15, -0.1) is 0 Å². The summed E-state index contributed by atoms with van der Waals surface area (Å²) >= 11 is 1.08. The number of nitrogens with zero attached hydrogens (tertiary/aromatic N) is 1. The summed E-state index contributed by atoms with van der Waals surface area (Å²) in [7, 11) is 0. The van der Waals surface area contributed by atoms with Gasteiger partial charge in [-0.3, -0.25) is 9.78 Å². The summed E-state index contributed by atoms with van der Waals surface area (Å²) in [6.07, 6.45) is -0.622. The van der Waals surface area contributed by atoms with Gasteiger partial charge in [-0.1, -0.05) is 11.8 Å². The molecule has 94 valence electrons. The molecule has 3 N–H and O–H groups in total. The quantitative estimate of drug-likeness (QED) is 0.724. The highest BCUT2D eigenvalue weighted by molar-refractivity contribution is 8.13. The molecular weight excluding hydrogens is 242 g/mol. The van der Waals surface area contributed by atoms with Gasteiger partial charge in [0, 0.05) is 18.9 Å². The molecule has 1 aromatic rings. The Morgan fingerprint density at radius 1 is 1.53 bits per heavy atom. The number of hydrogen-bond donors (Lipinski definition) is 3. The monoisotopic (exact) mass is 257 g/mol. The summed E-state index contributed by atoms with van der Waals surface area (Å²) < 4.78 is 0. The fraction of sp³-hybridized carbons (Fsp3) is 0.455. The Morgan fingerprint density at radius 2 is 2.24 bits per heavy atom. The second kappa shape index (κ2) is 6.58. The molecule has 5 nitrogen and oxygen atoms in total. The van der Waals surface area contributed by atoms with E-state index in [1.165, 1.54) is 25.3 Å². The fourth-order valence-electron chi connectivity index (χ4n) is 1.30. The minimum Gasteiger partial charge on any atom is -0.506 e. The summed E-state index contributed by atoms with van der Waals surface area (Å²) in [5, 5.41) is 28.9. The normalized spacial score (nSPS) is 14.3. The smallest absolute Gasteiger partial charge is 0.185 e. The van der Waals surface area contributed by atoms with E-state index in [-0.39, 0.29) is 23.0 Å². The predicted octanol–water partition coefficient (Wildman–Crippen LogP) is 0.851. The van der Waals surface area contributed by atoms with Crippen molar-refractivity contribution in [3.63, 3.8) is 0 Å². The minimum absolute atomic E-state index is 0.0348. The van der Waals surface area contributed by atoms with Crippen LogP contribution in [0.15, 0.2) is 18.3 Å². The Hall–Kier alpha value is -1.11. The van der Waals surface area contributed by atoms with E-state index in [2.05, 4.69) is 4.98 Å². The van der Waals surface area contributed by atoms with Crippen molar-refractivity contribution < 1.29 is 20.1 Å². The molecule has 0 aromatic carbocycles. The summed E-state index contributed by atoms with van der Waals surface area (Å²) in [5.41, 5.74) is 0.0489. The van der Waals surface area contributed by atoms with E-state index in [4.69, 9.17) is 0 Å². The molecule has 0 saturated heterocycles. The van der Waals surface area contributed by atoms with Gasteiger partial charge in [-0.2, -0.15) is 0 Å². The Morgan fingerprint density at radius 3 is 2.82 bits per heavy atom. The maximum Gasteiger partial charge on any atom is 0.185 e. The number of aliphatic hydroxyl groups is 2. The molecule has 0 bridgehead atoms. The van der Waals surface area contributed by atoms with Gasteiger partial charge in [-0.05, 0) is 18.6 Å². The third-order valence-electron chi connectivity index (χ3n) is 2.18. The second-order valence-electron chi connectivity index (χ2n) is 3.55. The van der Waals surface area contributed by atoms with Crippen LogP contribution in [0.3, 0.4) is 0 Å². The fourth-order valence-corrected chi connectivity index (χ4v) is 1.95. The third-order valence-corrected chi connectivity index (χ3v) is 3.03. The zero-order chi connectivity index (χ0) is 12.8. The van der Waals surface area contributed by atoms with Gasteiger partial charge in [0.1, 0.15) is 17.5 Å². The first-order valence-corrected chi connectivity index (χ1v) is 6.14. The van der Waals surface area contributed by atoms with Crippen LogP contribution in [0.4, 0.5) is 0 Å². The number of carbonyl (C=O) groups excluding carboxylic acids is 1. The second-order valence-corrected chi connectivity index (χ2v) is 4.82. The zero-order valence-corrected chi connectivity index (χ0v) is 10.2. The number of pyridine rings is 1. The zero-order valence-electron chi connectivity index (χ0n) is 9.41. The number of thioether (sulfide) groups is 1. The van der Waals surface area contributed by atoms with Crippen LogP contribution in [0.2, 0.25) is 0 Å².